The van der Waals surface area contributed by atoms with Crippen LogP contribution in [0.15, 0.2) is 47.4 Å². The lowest BCUT2D eigenvalue weighted by Crippen LogP contribution is -2.29. The molecule has 0 saturated carbocycles. The number of aromatic amines is 1. The number of aryl methyl sites for hydroxylation is 1. The van der Waals surface area contributed by atoms with E-state index >= 15 is 0 Å². The standard InChI is InChI=1S/C18H16F3N5O2/c1-10-7-8-26(25-10)17-23-14(9-15(27)24-17)16(28)22-11(2)12-3-5-13(6-4-12)18(19,20)21/h3-9,11H,1-2H3,(H,22,28)(H,23,24,27). The predicted molar refractivity (Wildman–Crippen MR) is 94.0 cm³/mol. The Hall–Kier alpha value is -3.43. The number of alkyl halides is 3. The molecule has 0 saturated heterocycles. The maximum absolute atomic E-state index is 12.7. The highest BCUT2D eigenvalue weighted by atomic mass is 19.4. The lowest BCUT2D eigenvalue weighted by atomic mass is 10.1. The topological polar surface area (TPSA) is 92.7 Å². The average Bonchev–Trinajstić information content (AvgIpc) is 3.07. The van der Waals surface area contributed by atoms with E-state index in [2.05, 4.69) is 20.4 Å². The minimum Gasteiger partial charge on any atom is -0.344 e. The van der Waals surface area contributed by atoms with Gasteiger partial charge in [0.15, 0.2) is 0 Å². The molecule has 2 heterocycles. The van der Waals surface area contributed by atoms with Crippen molar-refractivity contribution in [1.82, 2.24) is 25.1 Å². The normalized spacial score (nSPS) is 12.6. The molecular weight excluding hydrogens is 375 g/mol. The first-order chi connectivity index (χ1) is 13.1. The number of nitrogens with zero attached hydrogens (tertiary/aromatic N) is 3. The molecule has 1 amide bonds. The van der Waals surface area contributed by atoms with Gasteiger partial charge >= 0.3 is 6.18 Å². The first kappa shape index (κ1) is 19.3. The van der Waals surface area contributed by atoms with E-state index in [0.717, 1.165) is 18.2 Å². The van der Waals surface area contributed by atoms with Crippen molar-refractivity contribution in [2.24, 2.45) is 0 Å². The van der Waals surface area contributed by atoms with Crippen molar-refractivity contribution in [3.05, 3.63) is 75.5 Å². The van der Waals surface area contributed by atoms with Crippen molar-refractivity contribution in [3.8, 4) is 5.95 Å². The molecule has 0 aliphatic heterocycles. The van der Waals surface area contributed by atoms with E-state index < -0.39 is 29.2 Å². The summed E-state index contributed by atoms with van der Waals surface area (Å²) in [5, 5.41) is 6.74. The Morgan fingerprint density at radius 3 is 2.46 bits per heavy atom. The molecule has 0 fully saturated rings. The number of rotatable bonds is 4. The summed E-state index contributed by atoms with van der Waals surface area (Å²) in [7, 11) is 0. The molecule has 0 aliphatic rings. The van der Waals surface area contributed by atoms with Crippen LogP contribution in [-0.2, 0) is 6.18 Å². The summed E-state index contributed by atoms with van der Waals surface area (Å²) in [5.74, 6) is -0.559. The molecule has 3 aromatic rings. The molecule has 7 nitrogen and oxygen atoms in total. The first-order valence-electron chi connectivity index (χ1n) is 8.25. The number of hydrogen-bond acceptors (Lipinski definition) is 4. The molecular formula is C18H16F3N5O2. The van der Waals surface area contributed by atoms with Crippen LogP contribution in [0.5, 0.6) is 0 Å². The molecule has 28 heavy (non-hydrogen) atoms. The second kappa shape index (κ2) is 7.29. The molecule has 1 aromatic carbocycles. The maximum Gasteiger partial charge on any atom is 0.416 e. The van der Waals surface area contributed by atoms with Crippen LogP contribution in [0.1, 0.15) is 40.3 Å². The van der Waals surface area contributed by atoms with Crippen molar-refractivity contribution >= 4 is 5.91 Å². The third-order valence-electron chi connectivity index (χ3n) is 3.99. The Balaban J connectivity index is 1.79. The smallest absolute Gasteiger partial charge is 0.344 e. The van der Waals surface area contributed by atoms with E-state index in [1.807, 2.05) is 0 Å². The van der Waals surface area contributed by atoms with Crippen molar-refractivity contribution < 1.29 is 18.0 Å². The minimum atomic E-state index is -4.43. The van der Waals surface area contributed by atoms with Crippen LogP contribution in [0.3, 0.4) is 0 Å². The molecule has 146 valence electrons. The number of aromatic nitrogens is 4. The summed E-state index contributed by atoms with van der Waals surface area (Å²) in [5.41, 5.74) is -0.260. The summed E-state index contributed by atoms with van der Waals surface area (Å²) >= 11 is 0. The fourth-order valence-electron chi connectivity index (χ4n) is 2.52. The van der Waals surface area contributed by atoms with Crippen LogP contribution < -0.4 is 10.9 Å². The fraction of sp³-hybridized carbons (Fsp3) is 0.222. The van der Waals surface area contributed by atoms with Gasteiger partial charge in [-0.2, -0.15) is 18.3 Å². The highest BCUT2D eigenvalue weighted by Crippen LogP contribution is 2.29. The van der Waals surface area contributed by atoms with Gasteiger partial charge < -0.3 is 5.32 Å². The third-order valence-corrected chi connectivity index (χ3v) is 3.99. The molecule has 2 N–H and O–H groups in total. The number of carbonyl (C=O) groups is 1. The number of amides is 1. The number of benzene rings is 1. The largest absolute Gasteiger partial charge is 0.416 e. The molecule has 0 aliphatic carbocycles. The Morgan fingerprint density at radius 2 is 1.89 bits per heavy atom. The Kier molecular flexibility index (Phi) is 5.04. The monoisotopic (exact) mass is 391 g/mol. The van der Waals surface area contributed by atoms with Gasteiger partial charge in [0.2, 0.25) is 5.95 Å². The van der Waals surface area contributed by atoms with Crippen molar-refractivity contribution in [2.45, 2.75) is 26.1 Å². The van der Waals surface area contributed by atoms with Gasteiger partial charge in [-0.3, -0.25) is 14.6 Å². The molecule has 0 radical (unpaired) electrons. The summed E-state index contributed by atoms with van der Waals surface area (Å²) < 4.78 is 39.3. The molecule has 0 spiro atoms. The van der Waals surface area contributed by atoms with E-state index in [9.17, 15) is 22.8 Å². The number of halogens is 3. The van der Waals surface area contributed by atoms with E-state index in [1.165, 1.54) is 16.8 Å². The lowest BCUT2D eigenvalue weighted by Gasteiger charge is -2.15. The van der Waals surface area contributed by atoms with Crippen LogP contribution in [-0.4, -0.2) is 25.7 Å². The highest BCUT2D eigenvalue weighted by Gasteiger charge is 2.30. The van der Waals surface area contributed by atoms with E-state index in [-0.39, 0.29) is 11.6 Å². The van der Waals surface area contributed by atoms with E-state index in [0.29, 0.717) is 11.3 Å². The van der Waals surface area contributed by atoms with Gasteiger partial charge in [-0.15, -0.1) is 0 Å². The molecule has 0 bridgehead atoms. The quantitative estimate of drug-likeness (QED) is 0.715. The predicted octanol–water partition coefficient (Wildman–Crippen LogP) is 2.77. The maximum atomic E-state index is 12.7. The highest BCUT2D eigenvalue weighted by molar-refractivity contribution is 5.92. The minimum absolute atomic E-state index is 0.0768. The molecule has 1 unspecified atom stereocenters. The van der Waals surface area contributed by atoms with E-state index in [4.69, 9.17) is 0 Å². The van der Waals surface area contributed by atoms with Gasteiger partial charge in [-0.25, -0.2) is 9.67 Å². The Labute approximate surface area is 157 Å². The number of carbonyl (C=O) groups excluding carboxylic acids is 1. The van der Waals surface area contributed by atoms with Gasteiger partial charge in [-0.05, 0) is 37.6 Å². The van der Waals surface area contributed by atoms with Crippen LogP contribution in [0.25, 0.3) is 5.95 Å². The number of hydrogen-bond donors (Lipinski definition) is 2. The zero-order chi connectivity index (χ0) is 20.5. The Morgan fingerprint density at radius 1 is 1.21 bits per heavy atom. The van der Waals surface area contributed by atoms with Crippen LogP contribution in [0.2, 0.25) is 0 Å². The van der Waals surface area contributed by atoms with Gasteiger partial charge in [0.25, 0.3) is 11.5 Å². The van der Waals surface area contributed by atoms with Gasteiger partial charge in [0, 0.05) is 12.3 Å². The van der Waals surface area contributed by atoms with Gasteiger partial charge in [0.05, 0.1) is 17.3 Å². The molecule has 2 aromatic heterocycles. The van der Waals surface area contributed by atoms with Crippen molar-refractivity contribution in [3.63, 3.8) is 0 Å². The lowest BCUT2D eigenvalue weighted by molar-refractivity contribution is -0.137. The van der Waals surface area contributed by atoms with Crippen LogP contribution in [0, 0.1) is 6.92 Å². The van der Waals surface area contributed by atoms with Crippen LogP contribution in [0.4, 0.5) is 13.2 Å². The fourth-order valence-corrected chi connectivity index (χ4v) is 2.52. The summed E-state index contributed by atoms with van der Waals surface area (Å²) in [4.78, 5) is 30.9. The van der Waals surface area contributed by atoms with Crippen molar-refractivity contribution in [2.75, 3.05) is 0 Å². The number of nitrogens with one attached hydrogen (secondary N) is 2. The van der Waals surface area contributed by atoms with E-state index in [1.54, 1.807) is 26.1 Å². The average molecular weight is 391 g/mol. The van der Waals surface area contributed by atoms with Crippen LogP contribution >= 0.6 is 0 Å². The number of H-pyrrole nitrogens is 1. The Bertz CT molecular complexity index is 1050. The van der Waals surface area contributed by atoms with Gasteiger partial charge in [0.1, 0.15) is 5.69 Å². The molecule has 10 heteroatoms. The molecule has 1 atom stereocenters. The third kappa shape index (κ3) is 4.27. The summed E-state index contributed by atoms with van der Waals surface area (Å²) in [6, 6.07) is 6.62. The zero-order valence-electron chi connectivity index (χ0n) is 14.9. The first-order valence-corrected chi connectivity index (χ1v) is 8.25. The second-order valence-electron chi connectivity index (χ2n) is 6.17. The zero-order valence-corrected chi connectivity index (χ0v) is 14.9. The van der Waals surface area contributed by atoms with Crippen molar-refractivity contribution in [1.29, 1.82) is 0 Å². The summed E-state index contributed by atoms with van der Waals surface area (Å²) in [6.45, 7) is 3.38. The second-order valence-corrected chi connectivity index (χ2v) is 6.17. The SMILES string of the molecule is Cc1ccn(-c2nc(C(=O)NC(C)c3ccc(C(F)(F)F)cc3)cc(=O)[nH]2)n1. The molecule has 3 rings (SSSR count). The summed E-state index contributed by atoms with van der Waals surface area (Å²) in [6.07, 6.45) is -2.85. The van der Waals surface area contributed by atoms with Gasteiger partial charge in [-0.1, -0.05) is 12.1 Å².